The summed E-state index contributed by atoms with van der Waals surface area (Å²) in [5.41, 5.74) is 4.43. The van der Waals surface area contributed by atoms with Gasteiger partial charge in [-0.2, -0.15) is 0 Å². The van der Waals surface area contributed by atoms with E-state index in [-0.39, 0.29) is 0 Å². The second-order valence-electron chi connectivity index (χ2n) is 7.22. The fourth-order valence-electron chi connectivity index (χ4n) is 3.61. The Labute approximate surface area is 195 Å². The third-order valence-corrected chi connectivity index (χ3v) is 6.38. The fourth-order valence-corrected chi connectivity index (χ4v) is 4.25. The van der Waals surface area contributed by atoms with E-state index in [0.717, 1.165) is 34.3 Å². The van der Waals surface area contributed by atoms with Crippen molar-refractivity contribution in [2.75, 3.05) is 13.7 Å². The van der Waals surface area contributed by atoms with Crippen LogP contribution in [0.3, 0.4) is 0 Å². The van der Waals surface area contributed by atoms with E-state index in [1.807, 2.05) is 42.5 Å². The molecule has 0 aliphatic carbocycles. The van der Waals surface area contributed by atoms with Gasteiger partial charge in [0.15, 0.2) is 11.5 Å². The van der Waals surface area contributed by atoms with Crippen molar-refractivity contribution in [3.05, 3.63) is 93.0 Å². The molecule has 0 spiro atoms. The summed E-state index contributed by atoms with van der Waals surface area (Å²) in [7, 11) is 1.65. The highest BCUT2D eigenvalue weighted by Crippen LogP contribution is 2.37. The first-order valence-corrected chi connectivity index (χ1v) is 11.3. The van der Waals surface area contributed by atoms with Crippen molar-refractivity contribution in [1.82, 2.24) is 10.3 Å². The second-order valence-corrected chi connectivity index (χ2v) is 8.49. The van der Waals surface area contributed by atoms with Crippen molar-refractivity contribution >= 4 is 38.4 Å². The van der Waals surface area contributed by atoms with Crippen LogP contribution in [-0.4, -0.2) is 18.6 Å². The number of hydrogen-bond acceptors (Lipinski definition) is 3. The molecule has 3 aromatic carbocycles. The molecule has 0 bridgehead atoms. The number of methoxy groups -OCH3 is 1. The smallest absolute Gasteiger partial charge is 0.167 e. The Balaban J connectivity index is 1.45. The van der Waals surface area contributed by atoms with Crippen LogP contribution in [0.5, 0.6) is 11.5 Å². The molecule has 31 heavy (non-hydrogen) atoms. The van der Waals surface area contributed by atoms with E-state index >= 15 is 0 Å². The molecule has 0 saturated heterocycles. The average molecular weight is 500 g/mol. The maximum Gasteiger partial charge on any atom is 0.167 e. The van der Waals surface area contributed by atoms with Gasteiger partial charge in [-0.15, -0.1) is 0 Å². The summed E-state index contributed by atoms with van der Waals surface area (Å²) in [5, 5.41) is 5.50. The highest BCUT2D eigenvalue weighted by atomic mass is 79.9. The molecule has 1 heterocycles. The predicted molar refractivity (Wildman–Crippen MR) is 130 cm³/mol. The summed E-state index contributed by atoms with van der Waals surface area (Å²) in [6.45, 7) is 1.86. The lowest BCUT2D eigenvalue weighted by atomic mass is 10.1. The van der Waals surface area contributed by atoms with Crippen LogP contribution in [0, 0.1) is 0 Å². The Bertz CT molecular complexity index is 1180. The topological polar surface area (TPSA) is 46.3 Å². The molecule has 0 aliphatic rings. The van der Waals surface area contributed by atoms with Crippen molar-refractivity contribution in [1.29, 1.82) is 0 Å². The molecule has 0 fully saturated rings. The van der Waals surface area contributed by atoms with Crippen LogP contribution in [0.15, 0.2) is 71.3 Å². The number of aromatic amines is 1. The van der Waals surface area contributed by atoms with Crippen LogP contribution in [0.25, 0.3) is 10.9 Å². The van der Waals surface area contributed by atoms with E-state index in [1.54, 1.807) is 7.11 Å². The average Bonchev–Trinajstić information content (AvgIpc) is 3.20. The Morgan fingerprint density at radius 2 is 1.81 bits per heavy atom. The molecule has 0 radical (unpaired) electrons. The number of halogens is 2. The zero-order valence-electron chi connectivity index (χ0n) is 17.3. The summed E-state index contributed by atoms with van der Waals surface area (Å²) in [4.78, 5) is 3.33. The quantitative estimate of drug-likeness (QED) is 0.258. The van der Waals surface area contributed by atoms with Gasteiger partial charge in [-0.05, 0) is 42.8 Å². The Kier molecular flexibility index (Phi) is 7.17. The molecule has 0 amide bonds. The Morgan fingerprint density at radius 3 is 2.65 bits per heavy atom. The molecule has 2 N–H and O–H groups in total. The molecule has 0 atom stereocenters. The number of aromatic nitrogens is 1. The van der Waals surface area contributed by atoms with Crippen LogP contribution in [-0.2, 0) is 19.6 Å². The number of nitrogens with one attached hydrogen (secondary N) is 2. The van der Waals surface area contributed by atoms with Gasteiger partial charge in [0.25, 0.3) is 0 Å². The van der Waals surface area contributed by atoms with Crippen LogP contribution in [0.4, 0.5) is 0 Å². The minimum atomic E-state index is 0.370. The summed E-state index contributed by atoms with van der Waals surface area (Å²) in [6.07, 6.45) is 3.02. The highest BCUT2D eigenvalue weighted by molar-refractivity contribution is 9.10. The van der Waals surface area contributed by atoms with E-state index in [4.69, 9.17) is 21.1 Å². The van der Waals surface area contributed by atoms with Crippen LogP contribution < -0.4 is 14.8 Å². The van der Waals surface area contributed by atoms with E-state index in [9.17, 15) is 0 Å². The van der Waals surface area contributed by atoms with Crippen LogP contribution in [0.2, 0.25) is 5.02 Å². The second kappa shape index (κ2) is 10.2. The van der Waals surface area contributed by atoms with Crippen molar-refractivity contribution in [3.63, 3.8) is 0 Å². The first-order chi connectivity index (χ1) is 15.2. The Morgan fingerprint density at radius 1 is 1.00 bits per heavy atom. The third-order valence-electron chi connectivity index (χ3n) is 5.26. The monoisotopic (exact) mass is 498 g/mol. The lowest BCUT2D eigenvalue weighted by molar-refractivity contribution is 0.280. The van der Waals surface area contributed by atoms with Gasteiger partial charge in [0, 0.05) is 44.3 Å². The molecule has 0 unspecified atom stereocenters. The van der Waals surface area contributed by atoms with E-state index in [1.165, 1.54) is 16.5 Å². The van der Waals surface area contributed by atoms with E-state index in [2.05, 4.69) is 50.6 Å². The number of rotatable bonds is 9. The first kappa shape index (κ1) is 21.8. The molecule has 1 aromatic heterocycles. The van der Waals surface area contributed by atoms with E-state index in [0.29, 0.717) is 23.9 Å². The summed E-state index contributed by atoms with van der Waals surface area (Å²) < 4.78 is 12.7. The number of ether oxygens (including phenoxy) is 2. The third kappa shape index (κ3) is 5.06. The van der Waals surface area contributed by atoms with Gasteiger partial charge in [-0.1, -0.05) is 63.9 Å². The SMILES string of the molecule is COc1ccc(Br)c(CNCCc2c[nH]c3ccccc23)c1OCc1ccccc1Cl. The van der Waals surface area contributed by atoms with Gasteiger partial charge in [-0.25, -0.2) is 0 Å². The number of hydrogen-bond donors (Lipinski definition) is 2. The van der Waals surface area contributed by atoms with Gasteiger partial charge in [0.1, 0.15) is 6.61 Å². The molecular formula is C25H24BrClN2O2. The normalized spacial score (nSPS) is 11.1. The first-order valence-electron chi connectivity index (χ1n) is 10.1. The summed E-state index contributed by atoms with van der Waals surface area (Å²) in [5.74, 6) is 1.42. The van der Waals surface area contributed by atoms with Crippen molar-refractivity contribution in [2.24, 2.45) is 0 Å². The number of H-pyrrole nitrogens is 1. The van der Waals surface area contributed by atoms with Crippen LogP contribution in [0.1, 0.15) is 16.7 Å². The maximum atomic E-state index is 6.29. The number of para-hydroxylation sites is 1. The van der Waals surface area contributed by atoms with Gasteiger partial charge < -0.3 is 19.8 Å². The van der Waals surface area contributed by atoms with Crippen LogP contribution >= 0.6 is 27.5 Å². The van der Waals surface area contributed by atoms with Crippen molar-refractivity contribution in [3.8, 4) is 11.5 Å². The highest BCUT2D eigenvalue weighted by Gasteiger charge is 2.15. The lowest BCUT2D eigenvalue weighted by Crippen LogP contribution is -2.18. The summed E-state index contributed by atoms with van der Waals surface area (Å²) >= 11 is 9.96. The molecule has 4 rings (SSSR count). The molecular weight excluding hydrogens is 476 g/mol. The standard InChI is InChI=1S/C25H24BrClN2O2/c1-30-24-11-10-21(26)20(25(24)31-16-18-6-2-4-8-22(18)27)15-28-13-12-17-14-29-23-9-5-3-7-19(17)23/h2-11,14,28-29H,12-13,15-16H2,1H3. The zero-order chi connectivity index (χ0) is 21.6. The van der Waals surface area contributed by atoms with Gasteiger partial charge in [0.2, 0.25) is 0 Å². The van der Waals surface area contributed by atoms with Gasteiger partial charge in [-0.3, -0.25) is 0 Å². The van der Waals surface area contributed by atoms with Crippen molar-refractivity contribution < 1.29 is 9.47 Å². The minimum Gasteiger partial charge on any atom is -0.493 e. The molecule has 160 valence electrons. The molecule has 0 saturated carbocycles. The molecule has 4 aromatic rings. The molecule has 0 aliphatic heterocycles. The van der Waals surface area contributed by atoms with E-state index < -0.39 is 0 Å². The van der Waals surface area contributed by atoms with Crippen molar-refractivity contribution in [2.45, 2.75) is 19.6 Å². The maximum absolute atomic E-state index is 6.29. The Hall–Kier alpha value is -2.47. The number of fused-ring (bicyclic) bond motifs is 1. The molecule has 4 nitrogen and oxygen atoms in total. The molecule has 6 heteroatoms. The summed E-state index contributed by atoms with van der Waals surface area (Å²) in [6, 6.07) is 20.0. The fraction of sp³-hybridized carbons (Fsp3) is 0.200. The largest absolute Gasteiger partial charge is 0.493 e. The zero-order valence-corrected chi connectivity index (χ0v) is 19.6. The van der Waals surface area contributed by atoms with Gasteiger partial charge >= 0.3 is 0 Å². The van der Waals surface area contributed by atoms with Gasteiger partial charge in [0.05, 0.1) is 7.11 Å². The predicted octanol–water partition coefficient (Wildman–Crippen LogP) is 6.50. The number of benzene rings is 3. The minimum absolute atomic E-state index is 0.370. The lowest BCUT2D eigenvalue weighted by Gasteiger charge is -2.17.